The zero-order valence-electron chi connectivity index (χ0n) is 11.8. The maximum atomic E-state index is 12.8. The zero-order valence-corrected chi connectivity index (χ0v) is 12.5. The van der Waals surface area contributed by atoms with E-state index in [9.17, 15) is 9.59 Å². The molecule has 1 saturated heterocycles. The molecule has 108 valence electrons. The van der Waals surface area contributed by atoms with Crippen LogP contribution in [0.3, 0.4) is 0 Å². The van der Waals surface area contributed by atoms with E-state index in [1.165, 1.54) is 4.90 Å². The number of halogens is 1. The van der Waals surface area contributed by atoms with Crippen LogP contribution in [0.15, 0.2) is 30.4 Å². The highest BCUT2D eigenvalue weighted by Gasteiger charge is 2.56. The van der Waals surface area contributed by atoms with Gasteiger partial charge in [-0.1, -0.05) is 29.8 Å². The molecule has 1 heterocycles. The molecule has 1 saturated carbocycles. The van der Waals surface area contributed by atoms with Gasteiger partial charge < -0.3 is 0 Å². The average molecular weight is 302 g/mol. The molecule has 4 aliphatic rings. The van der Waals surface area contributed by atoms with E-state index in [0.717, 1.165) is 18.4 Å². The molecule has 5 rings (SSSR count). The minimum absolute atomic E-state index is 0.0519. The fourth-order valence-corrected chi connectivity index (χ4v) is 4.22. The van der Waals surface area contributed by atoms with E-state index in [4.69, 9.17) is 11.6 Å². The lowest BCUT2D eigenvalue weighted by Crippen LogP contribution is -2.38. The summed E-state index contributed by atoms with van der Waals surface area (Å²) in [6.07, 6.45) is 6.30. The molecule has 1 unspecified atom stereocenters. The fraction of sp³-hybridized carbons (Fsp3) is 0.412. The third kappa shape index (κ3) is 1.73. The molecule has 1 aromatic rings. The first kappa shape index (κ1) is 13.1. The van der Waals surface area contributed by atoms with Gasteiger partial charge in [0.15, 0.2) is 0 Å². The summed E-state index contributed by atoms with van der Waals surface area (Å²) in [4.78, 5) is 26.9. The molecule has 2 bridgehead atoms. The van der Waals surface area contributed by atoms with Crippen molar-refractivity contribution in [3.8, 4) is 0 Å². The third-order valence-electron chi connectivity index (χ3n) is 5.17. The second kappa shape index (κ2) is 4.44. The summed E-state index contributed by atoms with van der Waals surface area (Å²) in [5, 5.41) is 0.587. The molecule has 2 amide bonds. The smallest absolute Gasteiger partial charge is 0.238 e. The van der Waals surface area contributed by atoms with Crippen LogP contribution < -0.4 is 4.90 Å². The minimum Gasteiger partial charge on any atom is -0.274 e. The molecule has 0 spiro atoms. The van der Waals surface area contributed by atoms with Crippen LogP contribution in [0.25, 0.3) is 0 Å². The fourth-order valence-electron chi connectivity index (χ4n) is 4.05. The Bertz CT molecular complexity index is 649. The van der Waals surface area contributed by atoms with Crippen molar-refractivity contribution >= 4 is 29.1 Å². The minimum atomic E-state index is -0.165. The monoisotopic (exact) mass is 301 g/mol. The predicted molar refractivity (Wildman–Crippen MR) is 81.0 cm³/mol. The number of amides is 2. The topological polar surface area (TPSA) is 37.4 Å². The lowest BCUT2D eigenvalue weighted by molar-refractivity contribution is -0.124. The summed E-state index contributed by atoms with van der Waals surface area (Å²) in [7, 11) is 0. The standard InChI is InChI=1S/C17H16ClNO2/c1-9-2-7-12(8-13(9)18)19-16(20)14-10-3-4-11(6-5-10)15(14)17(19)21/h2-4,7-8,10-11,14-15H,5-6H2,1H3/t10-,11+,14-,15?/m0/s1. The highest BCUT2D eigenvalue weighted by Crippen LogP contribution is 2.50. The third-order valence-corrected chi connectivity index (χ3v) is 5.58. The Morgan fingerprint density at radius 1 is 1.05 bits per heavy atom. The Hall–Kier alpha value is -1.61. The van der Waals surface area contributed by atoms with E-state index >= 15 is 0 Å². The molecule has 0 N–H and O–H groups in total. The molecule has 4 heteroatoms. The van der Waals surface area contributed by atoms with Gasteiger partial charge in [-0.2, -0.15) is 0 Å². The van der Waals surface area contributed by atoms with Gasteiger partial charge in [0.2, 0.25) is 11.8 Å². The number of anilines is 1. The lowest BCUT2D eigenvalue weighted by Gasteiger charge is -2.38. The number of carbonyl (C=O) groups is 2. The molecule has 3 nitrogen and oxygen atoms in total. The van der Waals surface area contributed by atoms with Crippen molar-refractivity contribution in [3.63, 3.8) is 0 Å². The highest BCUT2D eigenvalue weighted by molar-refractivity contribution is 6.32. The largest absolute Gasteiger partial charge is 0.274 e. The molecule has 4 atom stereocenters. The average Bonchev–Trinajstić information content (AvgIpc) is 2.78. The normalized spacial score (nSPS) is 33.7. The van der Waals surface area contributed by atoms with Crippen molar-refractivity contribution in [2.75, 3.05) is 4.90 Å². The van der Waals surface area contributed by atoms with Gasteiger partial charge >= 0.3 is 0 Å². The van der Waals surface area contributed by atoms with E-state index in [0.29, 0.717) is 10.7 Å². The summed E-state index contributed by atoms with van der Waals surface area (Å²) in [6, 6.07) is 5.39. The van der Waals surface area contributed by atoms with E-state index in [1.807, 2.05) is 19.1 Å². The number of nitrogens with zero attached hydrogens (tertiary/aromatic N) is 1. The first-order valence-electron chi connectivity index (χ1n) is 7.40. The number of benzene rings is 1. The van der Waals surface area contributed by atoms with Crippen molar-refractivity contribution in [1.82, 2.24) is 0 Å². The number of imide groups is 1. The predicted octanol–water partition coefficient (Wildman–Crippen LogP) is 3.35. The van der Waals surface area contributed by atoms with Gasteiger partial charge in [0.25, 0.3) is 0 Å². The summed E-state index contributed by atoms with van der Waals surface area (Å²) in [6.45, 7) is 1.91. The van der Waals surface area contributed by atoms with Crippen molar-refractivity contribution in [3.05, 3.63) is 40.9 Å². The second-order valence-corrected chi connectivity index (χ2v) is 6.69. The molecule has 0 aromatic heterocycles. The van der Waals surface area contributed by atoms with Crippen LogP contribution in [0.5, 0.6) is 0 Å². The van der Waals surface area contributed by atoms with E-state index in [-0.39, 0.29) is 35.5 Å². The highest BCUT2D eigenvalue weighted by atomic mass is 35.5. The SMILES string of the molecule is Cc1ccc(N2C(=O)C3[C@@H]4C=C[C@@H](CC4)[C@@H]3C2=O)cc1Cl. The van der Waals surface area contributed by atoms with E-state index in [2.05, 4.69) is 12.2 Å². The van der Waals surface area contributed by atoms with E-state index < -0.39 is 0 Å². The quantitative estimate of drug-likeness (QED) is 0.589. The number of allylic oxidation sites excluding steroid dienone is 2. The molecular weight excluding hydrogens is 286 g/mol. The van der Waals surface area contributed by atoms with Gasteiger partial charge in [0.1, 0.15) is 0 Å². The van der Waals surface area contributed by atoms with Crippen molar-refractivity contribution in [2.24, 2.45) is 23.7 Å². The second-order valence-electron chi connectivity index (χ2n) is 6.29. The molecule has 0 radical (unpaired) electrons. The van der Waals surface area contributed by atoms with Gasteiger partial charge in [-0.25, -0.2) is 4.90 Å². The molecule has 3 aliphatic carbocycles. The van der Waals surface area contributed by atoms with Gasteiger partial charge in [0.05, 0.1) is 17.5 Å². The Balaban J connectivity index is 1.76. The van der Waals surface area contributed by atoms with Crippen LogP contribution in [0.4, 0.5) is 5.69 Å². The number of hydrogen-bond acceptors (Lipinski definition) is 2. The van der Waals surface area contributed by atoms with Gasteiger partial charge in [-0.3, -0.25) is 9.59 Å². The summed E-state index contributed by atoms with van der Waals surface area (Å²) < 4.78 is 0. The maximum absolute atomic E-state index is 12.8. The zero-order chi connectivity index (χ0) is 14.7. The number of carbonyl (C=O) groups excluding carboxylic acids is 2. The Labute approximate surface area is 128 Å². The van der Waals surface area contributed by atoms with Crippen LogP contribution in [-0.2, 0) is 9.59 Å². The van der Waals surface area contributed by atoms with Gasteiger partial charge in [0, 0.05) is 5.02 Å². The number of hydrogen-bond donors (Lipinski definition) is 0. The van der Waals surface area contributed by atoms with Crippen molar-refractivity contribution in [2.45, 2.75) is 19.8 Å². The molecular formula is C17H16ClNO2. The summed E-state index contributed by atoms with van der Waals surface area (Å²) in [5.41, 5.74) is 1.55. The first-order valence-corrected chi connectivity index (χ1v) is 7.78. The number of fused-ring (bicyclic) bond motifs is 1. The molecule has 1 aliphatic heterocycles. The summed E-state index contributed by atoms with van der Waals surface area (Å²) >= 11 is 6.15. The Morgan fingerprint density at radius 3 is 2.10 bits per heavy atom. The van der Waals surface area contributed by atoms with Gasteiger partial charge in [-0.05, 0) is 49.3 Å². The van der Waals surface area contributed by atoms with Gasteiger partial charge in [-0.15, -0.1) is 0 Å². The molecule has 2 fully saturated rings. The van der Waals surface area contributed by atoms with Crippen LogP contribution >= 0.6 is 11.6 Å². The Morgan fingerprint density at radius 2 is 1.62 bits per heavy atom. The van der Waals surface area contributed by atoms with Crippen LogP contribution in [-0.4, -0.2) is 11.8 Å². The van der Waals surface area contributed by atoms with Crippen molar-refractivity contribution in [1.29, 1.82) is 0 Å². The lowest BCUT2D eigenvalue weighted by atomic mass is 9.63. The number of aryl methyl sites for hydroxylation is 1. The molecule has 21 heavy (non-hydrogen) atoms. The van der Waals surface area contributed by atoms with Crippen LogP contribution in [0.1, 0.15) is 18.4 Å². The van der Waals surface area contributed by atoms with Crippen molar-refractivity contribution < 1.29 is 9.59 Å². The summed E-state index contributed by atoms with van der Waals surface area (Å²) in [5.74, 6) is 0.0142. The van der Waals surface area contributed by atoms with Crippen LogP contribution in [0, 0.1) is 30.6 Å². The number of rotatable bonds is 1. The molecule has 1 aromatic carbocycles. The first-order chi connectivity index (χ1) is 10.1. The van der Waals surface area contributed by atoms with Crippen LogP contribution in [0.2, 0.25) is 5.02 Å². The Kier molecular flexibility index (Phi) is 2.77. The van der Waals surface area contributed by atoms with E-state index in [1.54, 1.807) is 6.07 Å². The maximum Gasteiger partial charge on any atom is 0.238 e.